The molecule has 1 atom stereocenters. The van der Waals surface area contributed by atoms with Crippen LogP contribution in [0.3, 0.4) is 0 Å². The van der Waals surface area contributed by atoms with Gasteiger partial charge in [0.1, 0.15) is 6.29 Å². The van der Waals surface area contributed by atoms with Crippen molar-refractivity contribution in [2.24, 2.45) is 0 Å². The standard InChI is InChI=1S/C8H15NO/c1-9-6-2-4-8(9)5-3-7-10/h7-8H,2-6H2,1H3/t8-/m0/s1. The van der Waals surface area contributed by atoms with E-state index in [1.54, 1.807) is 0 Å². The fourth-order valence-electron chi connectivity index (χ4n) is 1.60. The molecule has 1 saturated heterocycles. The highest BCUT2D eigenvalue weighted by Gasteiger charge is 2.19. The van der Waals surface area contributed by atoms with Gasteiger partial charge in [0.15, 0.2) is 0 Å². The van der Waals surface area contributed by atoms with E-state index in [1.807, 2.05) is 0 Å². The van der Waals surface area contributed by atoms with Gasteiger partial charge in [-0.2, -0.15) is 0 Å². The van der Waals surface area contributed by atoms with Crippen molar-refractivity contribution in [2.75, 3.05) is 13.6 Å². The minimum atomic E-state index is 0.685. The summed E-state index contributed by atoms with van der Waals surface area (Å²) in [5.74, 6) is 0. The van der Waals surface area contributed by atoms with E-state index in [-0.39, 0.29) is 0 Å². The van der Waals surface area contributed by atoms with Crippen LogP contribution in [-0.4, -0.2) is 30.8 Å². The second-order valence-corrected chi connectivity index (χ2v) is 3.02. The highest BCUT2D eigenvalue weighted by atomic mass is 16.1. The third-order valence-electron chi connectivity index (χ3n) is 2.29. The molecule has 10 heavy (non-hydrogen) atoms. The molecule has 0 bridgehead atoms. The Bertz CT molecular complexity index is 114. The van der Waals surface area contributed by atoms with Crippen LogP contribution in [0.15, 0.2) is 0 Å². The molecule has 1 aliphatic heterocycles. The third kappa shape index (κ3) is 1.81. The van der Waals surface area contributed by atoms with Crippen molar-refractivity contribution >= 4 is 6.29 Å². The molecule has 0 spiro atoms. The van der Waals surface area contributed by atoms with Gasteiger partial charge in [-0.1, -0.05) is 0 Å². The van der Waals surface area contributed by atoms with E-state index in [1.165, 1.54) is 19.4 Å². The molecule has 1 heterocycles. The number of aldehydes is 1. The normalized spacial score (nSPS) is 27.1. The van der Waals surface area contributed by atoms with Crippen LogP contribution in [0.5, 0.6) is 0 Å². The van der Waals surface area contributed by atoms with Crippen LogP contribution >= 0.6 is 0 Å². The minimum absolute atomic E-state index is 0.685. The van der Waals surface area contributed by atoms with E-state index >= 15 is 0 Å². The number of likely N-dealkylation sites (tertiary alicyclic amines) is 1. The average molecular weight is 141 g/mol. The van der Waals surface area contributed by atoms with Crippen molar-refractivity contribution in [3.8, 4) is 0 Å². The number of nitrogens with zero attached hydrogens (tertiary/aromatic N) is 1. The van der Waals surface area contributed by atoms with Crippen LogP contribution in [0.1, 0.15) is 25.7 Å². The Kier molecular flexibility index (Phi) is 2.87. The van der Waals surface area contributed by atoms with E-state index in [0.717, 1.165) is 19.1 Å². The van der Waals surface area contributed by atoms with Gasteiger partial charge in [0, 0.05) is 12.5 Å². The molecule has 0 aromatic rings. The van der Waals surface area contributed by atoms with E-state index in [9.17, 15) is 4.79 Å². The summed E-state index contributed by atoms with van der Waals surface area (Å²) >= 11 is 0. The highest BCUT2D eigenvalue weighted by Crippen LogP contribution is 2.18. The molecule has 0 aliphatic carbocycles. The molecule has 0 radical (unpaired) electrons. The number of carbonyl (C=O) groups is 1. The summed E-state index contributed by atoms with van der Waals surface area (Å²) in [6.45, 7) is 1.21. The number of hydrogen-bond donors (Lipinski definition) is 0. The lowest BCUT2D eigenvalue weighted by molar-refractivity contribution is -0.108. The molecule has 0 amide bonds. The first-order valence-electron chi connectivity index (χ1n) is 3.98. The second-order valence-electron chi connectivity index (χ2n) is 3.02. The van der Waals surface area contributed by atoms with Crippen molar-refractivity contribution in [3.05, 3.63) is 0 Å². The summed E-state index contributed by atoms with van der Waals surface area (Å²) in [7, 11) is 2.14. The van der Waals surface area contributed by atoms with Crippen molar-refractivity contribution in [3.63, 3.8) is 0 Å². The van der Waals surface area contributed by atoms with Gasteiger partial charge >= 0.3 is 0 Å². The Morgan fingerprint density at radius 1 is 1.70 bits per heavy atom. The van der Waals surface area contributed by atoms with Gasteiger partial charge in [0.05, 0.1) is 0 Å². The van der Waals surface area contributed by atoms with Crippen LogP contribution < -0.4 is 0 Å². The molecule has 0 unspecified atom stereocenters. The van der Waals surface area contributed by atoms with Crippen molar-refractivity contribution < 1.29 is 4.79 Å². The van der Waals surface area contributed by atoms with Crippen LogP contribution in [0.25, 0.3) is 0 Å². The molecule has 1 aliphatic rings. The molecule has 1 rings (SSSR count). The maximum Gasteiger partial charge on any atom is 0.120 e. The maximum atomic E-state index is 10.0. The molecular weight excluding hydrogens is 126 g/mol. The number of rotatable bonds is 3. The number of hydrogen-bond acceptors (Lipinski definition) is 2. The lowest BCUT2D eigenvalue weighted by Crippen LogP contribution is -2.24. The van der Waals surface area contributed by atoms with E-state index in [0.29, 0.717) is 6.04 Å². The summed E-state index contributed by atoms with van der Waals surface area (Å²) < 4.78 is 0. The highest BCUT2D eigenvalue weighted by molar-refractivity contribution is 5.49. The zero-order valence-corrected chi connectivity index (χ0v) is 6.55. The topological polar surface area (TPSA) is 20.3 Å². The van der Waals surface area contributed by atoms with Gasteiger partial charge in [-0.15, -0.1) is 0 Å². The summed E-state index contributed by atoms with van der Waals surface area (Å²) in [4.78, 5) is 12.4. The Hall–Kier alpha value is -0.370. The lowest BCUT2D eigenvalue weighted by Gasteiger charge is -2.17. The second kappa shape index (κ2) is 3.71. The molecule has 2 heteroatoms. The Labute approximate surface area is 62.2 Å². The fraction of sp³-hybridized carbons (Fsp3) is 0.875. The fourth-order valence-corrected chi connectivity index (χ4v) is 1.60. The van der Waals surface area contributed by atoms with Crippen molar-refractivity contribution in [1.82, 2.24) is 4.90 Å². The molecular formula is C8H15NO. The molecule has 0 aromatic carbocycles. The summed E-state index contributed by atoms with van der Waals surface area (Å²) in [5.41, 5.74) is 0. The first-order chi connectivity index (χ1) is 4.84. The average Bonchev–Trinajstić information content (AvgIpc) is 2.31. The quantitative estimate of drug-likeness (QED) is 0.548. The smallest absolute Gasteiger partial charge is 0.120 e. The van der Waals surface area contributed by atoms with Crippen LogP contribution in [0, 0.1) is 0 Å². The SMILES string of the molecule is CN1CCC[C@H]1CCC=O. The van der Waals surface area contributed by atoms with Crippen molar-refractivity contribution in [1.29, 1.82) is 0 Å². The molecule has 58 valence electrons. The van der Waals surface area contributed by atoms with Crippen LogP contribution in [0.2, 0.25) is 0 Å². The summed E-state index contributed by atoms with van der Waals surface area (Å²) in [6.07, 6.45) is 5.39. The zero-order valence-electron chi connectivity index (χ0n) is 6.55. The van der Waals surface area contributed by atoms with Gasteiger partial charge in [-0.05, 0) is 32.9 Å². The summed E-state index contributed by atoms with van der Waals surface area (Å²) in [5, 5.41) is 0. The van der Waals surface area contributed by atoms with Gasteiger partial charge in [0.2, 0.25) is 0 Å². The number of carbonyl (C=O) groups excluding carboxylic acids is 1. The molecule has 0 N–H and O–H groups in total. The van der Waals surface area contributed by atoms with Gasteiger partial charge in [-0.25, -0.2) is 0 Å². The monoisotopic (exact) mass is 141 g/mol. The molecule has 0 aromatic heterocycles. The third-order valence-corrected chi connectivity index (χ3v) is 2.29. The predicted molar refractivity (Wildman–Crippen MR) is 41.0 cm³/mol. The molecule has 2 nitrogen and oxygen atoms in total. The van der Waals surface area contributed by atoms with Gasteiger partial charge < -0.3 is 9.69 Å². The Morgan fingerprint density at radius 3 is 3.00 bits per heavy atom. The van der Waals surface area contributed by atoms with E-state index in [4.69, 9.17) is 0 Å². The minimum Gasteiger partial charge on any atom is -0.303 e. The predicted octanol–water partition coefficient (Wildman–Crippen LogP) is 1.06. The van der Waals surface area contributed by atoms with Gasteiger partial charge in [0.25, 0.3) is 0 Å². The Morgan fingerprint density at radius 2 is 2.50 bits per heavy atom. The lowest BCUT2D eigenvalue weighted by atomic mass is 10.1. The van der Waals surface area contributed by atoms with Crippen LogP contribution in [-0.2, 0) is 4.79 Å². The first-order valence-corrected chi connectivity index (χ1v) is 3.98. The van der Waals surface area contributed by atoms with E-state index in [2.05, 4.69) is 11.9 Å². The molecule has 0 saturated carbocycles. The van der Waals surface area contributed by atoms with Crippen molar-refractivity contribution in [2.45, 2.75) is 31.7 Å². The molecule has 1 fully saturated rings. The summed E-state index contributed by atoms with van der Waals surface area (Å²) in [6, 6.07) is 0.685. The maximum absolute atomic E-state index is 10.0. The Balaban J connectivity index is 2.19. The zero-order chi connectivity index (χ0) is 7.40. The van der Waals surface area contributed by atoms with Crippen LogP contribution in [0.4, 0.5) is 0 Å². The van der Waals surface area contributed by atoms with Gasteiger partial charge in [-0.3, -0.25) is 0 Å². The largest absolute Gasteiger partial charge is 0.303 e. The van der Waals surface area contributed by atoms with E-state index < -0.39 is 0 Å². The first kappa shape index (κ1) is 7.73.